The normalized spacial score (nSPS) is 14.5. The van der Waals surface area contributed by atoms with Crippen LogP contribution >= 0.6 is 11.8 Å². The summed E-state index contributed by atoms with van der Waals surface area (Å²) in [6, 6.07) is 24.3. The molecule has 0 saturated carbocycles. The van der Waals surface area contributed by atoms with E-state index in [9.17, 15) is 9.59 Å². The summed E-state index contributed by atoms with van der Waals surface area (Å²) in [6.45, 7) is 0.722. The van der Waals surface area contributed by atoms with Gasteiger partial charge in [-0.25, -0.2) is 0 Å². The maximum atomic E-state index is 13.4. The summed E-state index contributed by atoms with van der Waals surface area (Å²) in [4.78, 5) is 29.9. The van der Waals surface area contributed by atoms with Gasteiger partial charge in [0.05, 0.1) is 22.9 Å². The fourth-order valence-electron chi connectivity index (χ4n) is 4.51. The number of hydrogen-bond acceptors (Lipinski definition) is 3. The van der Waals surface area contributed by atoms with Crippen LogP contribution in [0.5, 0.6) is 0 Å². The summed E-state index contributed by atoms with van der Waals surface area (Å²) < 4.78 is 0. The van der Waals surface area contributed by atoms with Crippen LogP contribution < -0.4 is 9.80 Å². The standard InChI is InChI=1S/C26H24N2O2S/c29-25(27-16-15-21-9-1-4-10-22(21)27)17-31-18-26(30)28-23-11-5-2-7-19(23)13-14-20-8-3-6-12-24(20)28/h1-12H,13-18H2. The number of para-hydroxylation sites is 3. The van der Waals surface area contributed by atoms with Crippen LogP contribution in [0.4, 0.5) is 17.1 Å². The Bertz CT molecular complexity index is 1100. The summed E-state index contributed by atoms with van der Waals surface area (Å²) >= 11 is 1.40. The van der Waals surface area contributed by atoms with Gasteiger partial charge in [-0.1, -0.05) is 54.6 Å². The maximum Gasteiger partial charge on any atom is 0.241 e. The Morgan fingerprint density at radius 3 is 1.74 bits per heavy atom. The van der Waals surface area contributed by atoms with Crippen LogP contribution in [0.1, 0.15) is 16.7 Å². The lowest BCUT2D eigenvalue weighted by Gasteiger charge is -2.25. The average Bonchev–Trinajstić information content (AvgIpc) is 3.16. The van der Waals surface area contributed by atoms with E-state index in [1.165, 1.54) is 28.5 Å². The van der Waals surface area contributed by atoms with Gasteiger partial charge in [0.15, 0.2) is 0 Å². The van der Waals surface area contributed by atoms with Crippen molar-refractivity contribution in [3.8, 4) is 0 Å². The molecule has 2 heterocycles. The van der Waals surface area contributed by atoms with E-state index in [0.717, 1.165) is 42.9 Å². The van der Waals surface area contributed by atoms with Gasteiger partial charge in [0, 0.05) is 12.2 Å². The van der Waals surface area contributed by atoms with Crippen LogP contribution in [0.15, 0.2) is 72.8 Å². The highest BCUT2D eigenvalue weighted by Crippen LogP contribution is 2.36. The zero-order chi connectivity index (χ0) is 21.2. The van der Waals surface area contributed by atoms with E-state index in [1.54, 1.807) is 0 Å². The first kappa shape index (κ1) is 19.9. The van der Waals surface area contributed by atoms with Crippen LogP contribution in [0.3, 0.4) is 0 Å². The number of amides is 2. The zero-order valence-electron chi connectivity index (χ0n) is 17.3. The number of fused-ring (bicyclic) bond motifs is 3. The Balaban J connectivity index is 1.30. The summed E-state index contributed by atoms with van der Waals surface area (Å²) in [7, 11) is 0. The molecular formula is C26H24N2O2S. The van der Waals surface area contributed by atoms with Crippen molar-refractivity contribution in [3.05, 3.63) is 89.5 Å². The lowest BCUT2D eigenvalue weighted by molar-refractivity contribution is -0.116. The van der Waals surface area contributed by atoms with Crippen molar-refractivity contribution in [1.82, 2.24) is 0 Å². The van der Waals surface area contributed by atoms with Crippen molar-refractivity contribution in [3.63, 3.8) is 0 Å². The molecule has 5 heteroatoms. The van der Waals surface area contributed by atoms with Crippen LogP contribution in [0.2, 0.25) is 0 Å². The van der Waals surface area contributed by atoms with E-state index in [1.807, 2.05) is 64.4 Å². The average molecular weight is 429 g/mol. The molecule has 2 aliphatic heterocycles. The second-order valence-electron chi connectivity index (χ2n) is 7.90. The molecule has 0 atom stereocenters. The lowest BCUT2D eigenvalue weighted by Crippen LogP contribution is -2.32. The summed E-state index contributed by atoms with van der Waals surface area (Å²) in [5.74, 6) is 0.655. The number of carbonyl (C=O) groups excluding carboxylic acids is 2. The molecule has 3 aromatic carbocycles. The molecular weight excluding hydrogens is 404 g/mol. The molecule has 5 rings (SSSR count). The minimum atomic E-state index is 0.0152. The predicted molar refractivity (Wildman–Crippen MR) is 127 cm³/mol. The van der Waals surface area contributed by atoms with Gasteiger partial charge < -0.3 is 4.90 Å². The molecule has 3 aromatic rings. The molecule has 0 spiro atoms. The van der Waals surface area contributed by atoms with Crippen molar-refractivity contribution in [2.45, 2.75) is 19.3 Å². The van der Waals surface area contributed by atoms with Gasteiger partial charge in [0.1, 0.15) is 0 Å². The molecule has 0 aliphatic carbocycles. The molecule has 0 radical (unpaired) electrons. The molecule has 0 unspecified atom stereocenters. The van der Waals surface area contributed by atoms with Gasteiger partial charge in [-0.15, -0.1) is 11.8 Å². The van der Waals surface area contributed by atoms with Gasteiger partial charge in [-0.3, -0.25) is 14.5 Å². The van der Waals surface area contributed by atoms with Gasteiger partial charge in [0.2, 0.25) is 11.8 Å². The van der Waals surface area contributed by atoms with Gasteiger partial charge in [-0.05, 0) is 54.2 Å². The topological polar surface area (TPSA) is 40.6 Å². The lowest BCUT2D eigenvalue weighted by atomic mass is 10.0. The first-order chi connectivity index (χ1) is 15.2. The molecule has 31 heavy (non-hydrogen) atoms. The third-order valence-electron chi connectivity index (χ3n) is 6.02. The number of rotatable bonds is 4. The summed E-state index contributed by atoms with van der Waals surface area (Å²) in [5.41, 5.74) is 6.50. The second kappa shape index (κ2) is 8.60. The van der Waals surface area contributed by atoms with Crippen molar-refractivity contribution < 1.29 is 9.59 Å². The third kappa shape index (κ3) is 3.86. The third-order valence-corrected chi connectivity index (χ3v) is 6.92. The van der Waals surface area contributed by atoms with Crippen LogP contribution in [-0.2, 0) is 28.9 Å². The highest BCUT2D eigenvalue weighted by Gasteiger charge is 2.27. The number of benzene rings is 3. The Morgan fingerprint density at radius 2 is 1.13 bits per heavy atom. The molecule has 2 aliphatic rings. The molecule has 0 N–H and O–H groups in total. The smallest absolute Gasteiger partial charge is 0.241 e. The van der Waals surface area contributed by atoms with Crippen molar-refractivity contribution in [1.29, 1.82) is 0 Å². The Labute approximate surface area is 186 Å². The first-order valence-corrected chi connectivity index (χ1v) is 11.8. The van der Waals surface area contributed by atoms with E-state index in [4.69, 9.17) is 0 Å². The van der Waals surface area contributed by atoms with E-state index < -0.39 is 0 Å². The molecule has 0 aromatic heterocycles. The van der Waals surface area contributed by atoms with E-state index in [2.05, 4.69) is 18.2 Å². The summed E-state index contributed by atoms with van der Waals surface area (Å²) in [5, 5.41) is 0. The van der Waals surface area contributed by atoms with Crippen LogP contribution in [0.25, 0.3) is 0 Å². The minimum Gasteiger partial charge on any atom is -0.311 e. The van der Waals surface area contributed by atoms with Gasteiger partial charge in [-0.2, -0.15) is 0 Å². The van der Waals surface area contributed by atoms with Crippen molar-refractivity contribution in [2.24, 2.45) is 0 Å². The molecule has 156 valence electrons. The largest absolute Gasteiger partial charge is 0.311 e. The molecule has 0 bridgehead atoms. The number of anilines is 3. The van der Waals surface area contributed by atoms with Crippen molar-refractivity contribution in [2.75, 3.05) is 27.9 Å². The maximum absolute atomic E-state index is 13.4. The Hall–Kier alpha value is -3.05. The molecule has 4 nitrogen and oxygen atoms in total. The second-order valence-corrected chi connectivity index (χ2v) is 8.89. The van der Waals surface area contributed by atoms with Gasteiger partial charge in [0.25, 0.3) is 0 Å². The number of carbonyl (C=O) groups is 2. The Morgan fingerprint density at radius 1 is 0.645 bits per heavy atom. The summed E-state index contributed by atoms with van der Waals surface area (Å²) in [6.07, 6.45) is 2.72. The molecule has 0 fully saturated rings. The minimum absolute atomic E-state index is 0.0152. The van der Waals surface area contributed by atoms with E-state index in [-0.39, 0.29) is 17.6 Å². The monoisotopic (exact) mass is 428 g/mol. The molecule has 0 saturated heterocycles. The highest BCUT2D eigenvalue weighted by atomic mass is 32.2. The fourth-order valence-corrected chi connectivity index (χ4v) is 5.25. The number of aryl methyl sites for hydroxylation is 2. The van der Waals surface area contributed by atoms with Crippen LogP contribution in [-0.4, -0.2) is 29.9 Å². The SMILES string of the molecule is O=C(CSCC(=O)N1c2ccccc2CCc2ccccc21)N1CCc2ccccc21. The predicted octanol–water partition coefficient (Wildman–Crippen LogP) is 4.77. The van der Waals surface area contributed by atoms with E-state index in [0.29, 0.717) is 5.75 Å². The number of hydrogen-bond donors (Lipinski definition) is 0. The fraction of sp³-hybridized carbons (Fsp3) is 0.231. The van der Waals surface area contributed by atoms with Crippen molar-refractivity contribution >= 4 is 40.6 Å². The van der Waals surface area contributed by atoms with E-state index >= 15 is 0 Å². The number of nitrogens with zero attached hydrogens (tertiary/aromatic N) is 2. The number of thioether (sulfide) groups is 1. The zero-order valence-corrected chi connectivity index (χ0v) is 18.1. The quantitative estimate of drug-likeness (QED) is 0.601. The van der Waals surface area contributed by atoms with Gasteiger partial charge >= 0.3 is 0 Å². The van der Waals surface area contributed by atoms with Crippen LogP contribution in [0, 0.1) is 0 Å². The molecule has 2 amide bonds. The first-order valence-electron chi connectivity index (χ1n) is 10.7. The Kier molecular flexibility index (Phi) is 5.51. The highest BCUT2D eigenvalue weighted by molar-refractivity contribution is 8.00.